The third-order valence-corrected chi connectivity index (χ3v) is 5.12. The Morgan fingerprint density at radius 3 is 2.78 bits per heavy atom. The van der Waals surface area contributed by atoms with Crippen molar-refractivity contribution in [1.82, 2.24) is 4.72 Å². The molecular formula is C13H26N4O5S. The fraction of sp³-hybridized carbons (Fsp3) is 1.00. The van der Waals surface area contributed by atoms with Crippen molar-refractivity contribution in [2.24, 2.45) is 16.6 Å². The first kappa shape index (κ1) is 19.0. The lowest BCUT2D eigenvalue weighted by molar-refractivity contribution is -0.179. The van der Waals surface area contributed by atoms with Gasteiger partial charge < -0.3 is 31.2 Å². The topological polar surface area (TPSA) is 152 Å². The summed E-state index contributed by atoms with van der Waals surface area (Å²) in [5.74, 6) is 0.780. The number of nitroso groups, excluding NO2 is 1. The molecule has 7 atom stereocenters. The second kappa shape index (κ2) is 9.23. The third-order valence-electron chi connectivity index (χ3n) is 4.18. The maximum Gasteiger partial charge on any atom is 0.161 e. The molecule has 10 heteroatoms. The minimum absolute atomic E-state index is 0.0875. The van der Waals surface area contributed by atoms with Gasteiger partial charge in [0.15, 0.2) is 6.29 Å². The molecule has 1 heterocycles. The lowest BCUT2D eigenvalue weighted by atomic mass is 9.85. The zero-order valence-electron chi connectivity index (χ0n) is 12.9. The Kier molecular flexibility index (Phi) is 7.63. The summed E-state index contributed by atoms with van der Waals surface area (Å²) >= 11 is 1.52. The second-order valence-electron chi connectivity index (χ2n) is 5.95. The first-order valence-corrected chi connectivity index (χ1v) is 8.82. The van der Waals surface area contributed by atoms with E-state index in [9.17, 15) is 10.0 Å². The summed E-state index contributed by atoms with van der Waals surface area (Å²) in [7, 11) is 0. The summed E-state index contributed by atoms with van der Waals surface area (Å²) < 4.78 is 14.5. The number of nitrogens with two attached hydrogens (primary N) is 2. The highest BCUT2D eigenvalue weighted by Crippen LogP contribution is 2.29. The van der Waals surface area contributed by atoms with Crippen molar-refractivity contribution in [2.45, 2.75) is 62.0 Å². The molecule has 2 aliphatic rings. The van der Waals surface area contributed by atoms with Crippen LogP contribution in [0.2, 0.25) is 0 Å². The fourth-order valence-corrected chi connectivity index (χ4v) is 3.68. The normalized spacial score (nSPS) is 41.1. The van der Waals surface area contributed by atoms with E-state index in [1.54, 1.807) is 0 Å². The second-order valence-corrected chi connectivity index (χ2v) is 6.88. The summed E-state index contributed by atoms with van der Waals surface area (Å²) in [4.78, 5) is 11.1. The van der Waals surface area contributed by atoms with Crippen molar-refractivity contribution >= 4 is 11.9 Å². The van der Waals surface area contributed by atoms with Gasteiger partial charge in [-0.15, -0.1) is 0 Å². The maximum absolute atomic E-state index is 11.1. The van der Waals surface area contributed by atoms with Crippen LogP contribution in [0.1, 0.15) is 19.3 Å². The highest BCUT2D eigenvalue weighted by molar-refractivity contribution is 7.97. The van der Waals surface area contributed by atoms with E-state index in [1.165, 1.54) is 11.9 Å². The predicted octanol–water partition coefficient (Wildman–Crippen LogP) is -1.34. The highest BCUT2D eigenvalue weighted by atomic mass is 32.2. The van der Waals surface area contributed by atoms with Gasteiger partial charge in [-0.3, -0.25) is 4.72 Å². The third kappa shape index (κ3) is 5.07. The van der Waals surface area contributed by atoms with Gasteiger partial charge in [-0.25, -0.2) is 0 Å². The molecular weight excluding hydrogens is 324 g/mol. The van der Waals surface area contributed by atoms with Crippen molar-refractivity contribution in [3.8, 4) is 0 Å². The largest absolute Gasteiger partial charge is 0.394 e. The average Bonchev–Trinajstić information content (AvgIpc) is 2.87. The summed E-state index contributed by atoms with van der Waals surface area (Å²) in [5.41, 5.74) is 11.5. The molecule has 1 aliphatic heterocycles. The summed E-state index contributed by atoms with van der Waals surface area (Å²) in [6.45, 7) is 0.297. The number of ether oxygens (including phenoxy) is 2. The SMILES string of the molecule is NCCSNC1CC(N)[C@@H](N=O)C(OC2C[C@H](O)C(CO)O2)C1. The van der Waals surface area contributed by atoms with E-state index in [0.29, 0.717) is 19.4 Å². The molecule has 2 fully saturated rings. The van der Waals surface area contributed by atoms with E-state index < -0.39 is 36.7 Å². The molecule has 0 aromatic rings. The van der Waals surface area contributed by atoms with E-state index >= 15 is 0 Å². The van der Waals surface area contributed by atoms with Crippen LogP contribution in [-0.2, 0) is 9.47 Å². The predicted molar refractivity (Wildman–Crippen MR) is 86.5 cm³/mol. The molecule has 7 N–H and O–H groups in total. The fourth-order valence-electron chi connectivity index (χ4n) is 3.01. The van der Waals surface area contributed by atoms with E-state index in [2.05, 4.69) is 9.90 Å². The van der Waals surface area contributed by atoms with Crippen molar-refractivity contribution in [3.05, 3.63) is 4.91 Å². The number of hydrogen-bond donors (Lipinski definition) is 5. The molecule has 0 radical (unpaired) electrons. The van der Waals surface area contributed by atoms with Gasteiger partial charge in [0, 0.05) is 30.8 Å². The summed E-state index contributed by atoms with van der Waals surface area (Å²) in [6.07, 6.45) is -1.14. The van der Waals surface area contributed by atoms with Crippen molar-refractivity contribution < 1.29 is 19.7 Å². The Balaban J connectivity index is 1.92. The van der Waals surface area contributed by atoms with E-state index in [-0.39, 0.29) is 19.1 Å². The van der Waals surface area contributed by atoms with Gasteiger partial charge in [0.2, 0.25) is 0 Å². The van der Waals surface area contributed by atoms with Crippen LogP contribution < -0.4 is 16.2 Å². The van der Waals surface area contributed by atoms with Crippen molar-refractivity contribution in [1.29, 1.82) is 0 Å². The van der Waals surface area contributed by atoms with Crippen molar-refractivity contribution in [2.75, 3.05) is 18.9 Å². The van der Waals surface area contributed by atoms with Crippen LogP contribution >= 0.6 is 11.9 Å². The van der Waals surface area contributed by atoms with E-state index in [4.69, 9.17) is 26.0 Å². The first-order valence-electron chi connectivity index (χ1n) is 7.84. The van der Waals surface area contributed by atoms with Crippen LogP contribution in [0.4, 0.5) is 0 Å². The molecule has 9 nitrogen and oxygen atoms in total. The highest BCUT2D eigenvalue weighted by Gasteiger charge is 2.42. The molecule has 0 aromatic heterocycles. The Bertz CT molecular complexity index is 380. The number of rotatable bonds is 8. The Morgan fingerprint density at radius 2 is 2.17 bits per heavy atom. The van der Waals surface area contributed by atoms with E-state index in [1.807, 2.05) is 0 Å². The van der Waals surface area contributed by atoms with Gasteiger partial charge >= 0.3 is 0 Å². The molecule has 1 saturated heterocycles. The van der Waals surface area contributed by atoms with Crippen LogP contribution in [0.5, 0.6) is 0 Å². The van der Waals surface area contributed by atoms with Gasteiger partial charge in [0.25, 0.3) is 0 Å². The number of nitrogens with zero attached hydrogens (tertiary/aromatic N) is 1. The monoisotopic (exact) mass is 350 g/mol. The molecule has 2 rings (SSSR count). The number of aliphatic hydroxyl groups excluding tert-OH is 2. The van der Waals surface area contributed by atoms with Gasteiger partial charge in [0.05, 0.1) is 18.8 Å². The molecule has 0 amide bonds. The molecule has 134 valence electrons. The minimum Gasteiger partial charge on any atom is -0.394 e. The molecule has 1 aliphatic carbocycles. The van der Waals surface area contributed by atoms with Gasteiger partial charge in [0.1, 0.15) is 12.1 Å². The zero-order chi connectivity index (χ0) is 16.8. The van der Waals surface area contributed by atoms with Crippen LogP contribution in [0.3, 0.4) is 0 Å². The standard InChI is InChI=1S/C13H26N4O5S/c14-1-2-23-17-7-3-8(15)13(16-20)10(4-7)21-12-5-9(19)11(6-18)22-12/h7-13,17-19H,1-6,14-15H2/t7?,8?,9-,10?,11?,12?,13+/m0/s1. The van der Waals surface area contributed by atoms with Gasteiger partial charge in [-0.2, -0.15) is 4.91 Å². The number of aliphatic hydroxyl groups is 2. The molecule has 0 spiro atoms. The van der Waals surface area contributed by atoms with Gasteiger partial charge in [-0.1, -0.05) is 17.1 Å². The van der Waals surface area contributed by atoms with Crippen LogP contribution in [0, 0.1) is 4.91 Å². The molecule has 1 saturated carbocycles. The average molecular weight is 350 g/mol. The van der Waals surface area contributed by atoms with Crippen molar-refractivity contribution in [3.63, 3.8) is 0 Å². The zero-order valence-corrected chi connectivity index (χ0v) is 13.7. The Hall–Kier alpha value is -0.330. The van der Waals surface area contributed by atoms with Crippen LogP contribution in [-0.4, -0.2) is 71.8 Å². The van der Waals surface area contributed by atoms with Crippen LogP contribution in [0.15, 0.2) is 5.18 Å². The summed E-state index contributed by atoms with van der Waals surface area (Å²) in [5, 5.41) is 22.0. The molecule has 0 aromatic carbocycles. The lowest BCUT2D eigenvalue weighted by Crippen LogP contribution is -2.54. The molecule has 5 unspecified atom stereocenters. The maximum atomic E-state index is 11.1. The Labute approximate surface area is 139 Å². The number of hydrogen-bond acceptors (Lipinski definition) is 10. The minimum atomic E-state index is -0.779. The lowest BCUT2D eigenvalue weighted by Gasteiger charge is -2.37. The summed E-state index contributed by atoms with van der Waals surface area (Å²) in [6, 6.07) is -0.965. The smallest absolute Gasteiger partial charge is 0.161 e. The number of nitrogens with one attached hydrogen (secondary N) is 1. The van der Waals surface area contributed by atoms with Crippen LogP contribution in [0.25, 0.3) is 0 Å². The quantitative estimate of drug-likeness (QED) is 0.203. The molecule has 0 bridgehead atoms. The Morgan fingerprint density at radius 1 is 1.39 bits per heavy atom. The van der Waals surface area contributed by atoms with Gasteiger partial charge in [-0.05, 0) is 12.8 Å². The molecule has 23 heavy (non-hydrogen) atoms. The first-order chi connectivity index (χ1) is 11.1. The van der Waals surface area contributed by atoms with E-state index in [0.717, 1.165) is 5.75 Å².